The fraction of sp³-hybridized carbons (Fsp3) is 0.400. The van der Waals surface area contributed by atoms with Crippen molar-refractivity contribution >= 4 is 27.3 Å². The van der Waals surface area contributed by atoms with Gasteiger partial charge in [0.25, 0.3) is 0 Å². The molecule has 1 saturated heterocycles. The largest absolute Gasteiger partial charge is 0.398 e. The van der Waals surface area contributed by atoms with Gasteiger partial charge in [-0.2, -0.15) is 0 Å². The van der Waals surface area contributed by atoms with E-state index in [1.165, 1.54) is 0 Å². The van der Waals surface area contributed by atoms with Crippen molar-refractivity contribution in [2.75, 3.05) is 23.9 Å². The molecule has 1 aromatic rings. The van der Waals surface area contributed by atoms with E-state index in [1.807, 2.05) is 24.1 Å². The van der Waals surface area contributed by atoms with Gasteiger partial charge in [0.2, 0.25) is 0 Å². The third-order valence-corrected chi connectivity index (χ3v) is 2.99. The Bertz CT molecular complexity index is 348. The van der Waals surface area contributed by atoms with Gasteiger partial charge >= 0.3 is 0 Å². The van der Waals surface area contributed by atoms with E-state index in [-0.39, 0.29) is 0 Å². The monoisotopic (exact) mass is 256 g/mol. The molecule has 0 aromatic heterocycles. The summed E-state index contributed by atoms with van der Waals surface area (Å²) in [6, 6.07) is 3.97. The Morgan fingerprint density at radius 2 is 2.29 bits per heavy atom. The molecule has 3 nitrogen and oxygen atoms in total. The number of rotatable bonds is 1. The molecular formula is C10H13BrN2O. The first-order chi connectivity index (χ1) is 6.68. The van der Waals surface area contributed by atoms with E-state index in [1.54, 1.807) is 0 Å². The minimum absolute atomic E-state index is 0.801. The van der Waals surface area contributed by atoms with Crippen molar-refractivity contribution in [3.8, 4) is 0 Å². The minimum Gasteiger partial charge on any atom is -0.398 e. The summed E-state index contributed by atoms with van der Waals surface area (Å²) in [6.07, 6.45) is 1.08. The highest BCUT2D eigenvalue weighted by Gasteiger charge is 2.16. The van der Waals surface area contributed by atoms with E-state index >= 15 is 0 Å². The molecule has 1 fully saturated rings. The Hall–Kier alpha value is -0.740. The van der Waals surface area contributed by atoms with Crippen molar-refractivity contribution in [3.05, 3.63) is 22.2 Å². The molecule has 0 saturated carbocycles. The van der Waals surface area contributed by atoms with E-state index in [2.05, 4.69) is 15.9 Å². The Morgan fingerprint density at radius 3 is 2.93 bits per heavy atom. The van der Waals surface area contributed by atoms with Crippen LogP contribution in [-0.4, -0.2) is 13.2 Å². The molecule has 0 unspecified atom stereocenters. The van der Waals surface area contributed by atoms with Crippen LogP contribution in [0.25, 0.3) is 0 Å². The molecule has 0 atom stereocenters. The molecule has 1 aromatic carbocycles. The zero-order valence-electron chi connectivity index (χ0n) is 8.09. The van der Waals surface area contributed by atoms with E-state index in [9.17, 15) is 0 Å². The highest BCUT2D eigenvalue weighted by molar-refractivity contribution is 9.10. The summed E-state index contributed by atoms with van der Waals surface area (Å²) in [5.41, 5.74) is 8.75. The predicted octanol–water partition coefficient (Wildman–Crippen LogP) is 2.48. The normalized spacial score (nSPS) is 16.3. The van der Waals surface area contributed by atoms with Crippen LogP contribution in [0, 0.1) is 6.92 Å². The topological polar surface area (TPSA) is 38.5 Å². The second kappa shape index (κ2) is 3.79. The number of hydrogen-bond acceptors (Lipinski definition) is 3. The lowest BCUT2D eigenvalue weighted by molar-refractivity contribution is 0.168. The Morgan fingerprint density at radius 1 is 1.50 bits per heavy atom. The highest BCUT2D eigenvalue weighted by atomic mass is 79.9. The summed E-state index contributed by atoms with van der Waals surface area (Å²) in [5, 5.41) is 1.91. The summed E-state index contributed by atoms with van der Waals surface area (Å²) in [7, 11) is 0. The summed E-state index contributed by atoms with van der Waals surface area (Å²) >= 11 is 3.49. The number of halogens is 1. The minimum atomic E-state index is 0.801. The predicted molar refractivity (Wildman–Crippen MR) is 61.2 cm³/mol. The number of nitrogen functional groups attached to an aromatic ring is 1. The van der Waals surface area contributed by atoms with Crippen molar-refractivity contribution in [1.29, 1.82) is 0 Å². The van der Waals surface area contributed by atoms with Gasteiger partial charge in [-0.3, -0.25) is 9.90 Å². The Labute approximate surface area is 91.9 Å². The zero-order valence-corrected chi connectivity index (χ0v) is 9.67. The van der Waals surface area contributed by atoms with Gasteiger partial charge in [0.05, 0.1) is 12.3 Å². The molecule has 4 heteroatoms. The Balaban J connectivity index is 2.37. The van der Waals surface area contributed by atoms with Crippen molar-refractivity contribution in [2.24, 2.45) is 0 Å². The first-order valence-electron chi connectivity index (χ1n) is 4.64. The maximum Gasteiger partial charge on any atom is 0.0782 e. The molecule has 14 heavy (non-hydrogen) atoms. The van der Waals surface area contributed by atoms with Crippen LogP contribution >= 0.6 is 15.9 Å². The molecule has 1 heterocycles. The average molecular weight is 257 g/mol. The summed E-state index contributed by atoms with van der Waals surface area (Å²) in [5.74, 6) is 0. The quantitative estimate of drug-likeness (QED) is 0.785. The average Bonchev–Trinajstić information content (AvgIpc) is 2.64. The van der Waals surface area contributed by atoms with Gasteiger partial charge in [0.1, 0.15) is 0 Å². The molecule has 1 aliphatic rings. The zero-order chi connectivity index (χ0) is 10.1. The summed E-state index contributed by atoms with van der Waals surface area (Å²) in [6.45, 7) is 3.75. The van der Waals surface area contributed by atoms with E-state index in [0.717, 1.165) is 41.0 Å². The van der Waals surface area contributed by atoms with Crippen LogP contribution < -0.4 is 10.8 Å². The van der Waals surface area contributed by atoms with Crippen molar-refractivity contribution in [3.63, 3.8) is 0 Å². The van der Waals surface area contributed by atoms with Gasteiger partial charge in [-0.1, -0.05) is 0 Å². The van der Waals surface area contributed by atoms with Crippen molar-refractivity contribution in [2.45, 2.75) is 13.3 Å². The number of nitrogens with zero attached hydrogens (tertiary/aromatic N) is 1. The standard InChI is InChI=1S/C10H13BrN2O/c1-7-5-10(8(11)6-9(7)12)13-3-2-4-14-13/h5-6H,2-4,12H2,1H3. The van der Waals surface area contributed by atoms with Crippen LogP contribution in [0.5, 0.6) is 0 Å². The van der Waals surface area contributed by atoms with Crippen molar-refractivity contribution < 1.29 is 4.84 Å². The first-order valence-corrected chi connectivity index (χ1v) is 5.44. The van der Waals surface area contributed by atoms with Crippen LogP contribution in [-0.2, 0) is 4.84 Å². The van der Waals surface area contributed by atoms with Gasteiger partial charge in [-0.05, 0) is 47.0 Å². The lowest BCUT2D eigenvalue weighted by Gasteiger charge is -2.18. The van der Waals surface area contributed by atoms with Gasteiger partial charge in [0, 0.05) is 16.7 Å². The number of anilines is 2. The maximum atomic E-state index is 5.80. The fourth-order valence-electron chi connectivity index (χ4n) is 1.51. The molecule has 76 valence electrons. The van der Waals surface area contributed by atoms with Crippen LogP contribution in [0.3, 0.4) is 0 Å². The molecule has 2 rings (SSSR count). The lowest BCUT2D eigenvalue weighted by Crippen LogP contribution is -2.16. The van der Waals surface area contributed by atoms with Gasteiger partial charge in [0.15, 0.2) is 0 Å². The number of aryl methyl sites for hydroxylation is 1. The van der Waals surface area contributed by atoms with Gasteiger partial charge < -0.3 is 5.73 Å². The van der Waals surface area contributed by atoms with Gasteiger partial charge in [-0.25, -0.2) is 0 Å². The third-order valence-electron chi connectivity index (χ3n) is 2.36. The van der Waals surface area contributed by atoms with Crippen LogP contribution in [0.15, 0.2) is 16.6 Å². The maximum absolute atomic E-state index is 5.80. The molecule has 0 bridgehead atoms. The van der Waals surface area contributed by atoms with Crippen LogP contribution in [0.2, 0.25) is 0 Å². The highest BCUT2D eigenvalue weighted by Crippen LogP contribution is 2.32. The molecule has 2 N–H and O–H groups in total. The number of nitrogens with two attached hydrogens (primary N) is 1. The molecule has 0 spiro atoms. The van der Waals surface area contributed by atoms with E-state index in [0.29, 0.717) is 0 Å². The second-order valence-corrected chi connectivity index (χ2v) is 4.30. The van der Waals surface area contributed by atoms with Crippen LogP contribution in [0.4, 0.5) is 11.4 Å². The smallest absolute Gasteiger partial charge is 0.0782 e. The van der Waals surface area contributed by atoms with E-state index < -0.39 is 0 Å². The Kier molecular flexibility index (Phi) is 2.65. The second-order valence-electron chi connectivity index (χ2n) is 3.45. The summed E-state index contributed by atoms with van der Waals surface area (Å²) in [4.78, 5) is 5.48. The molecule has 0 aliphatic carbocycles. The fourth-order valence-corrected chi connectivity index (χ4v) is 2.07. The SMILES string of the molecule is Cc1cc(N2CCCO2)c(Br)cc1N. The molecule has 0 amide bonds. The summed E-state index contributed by atoms with van der Waals surface area (Å²) < 4.78 is 0.988. The molecule has 0 radical (unpaired) electrons. The number of benzene rings is 1. The first kappa shape index (κ1) is 9.80. The van der Waals surface area contributed by atoms with Gasteiger partial charge in [-0.15, -0.1) is 0 Å². The third kappa shape index (κ3) is 1.72. The number of hydrogen-bond donors (Lipinski definition) is 1. The van der Waals surface area contributed by atoms with Crippen molar-refractivity contribution in [1.82, 2.24) is 0 Å². The molecule has 1 aliphatic heterocycles. The molecular weight excluding hydrogens is 244 g/mol. The van der Waals surface area contributed by atoms with Crippen LogP contribution in [0.1, 0.15) is 12.0 Å². The lowest BCUT2D eigenvalue weighted by atomic mass is 10.2. The van der Waals surface area contributed by atoms with E-state index in [4.69, 9.17) is 10.6 Å². The number of hydroxylamine groups is 1.